The molecule has 4 heterocycles. The maximum absolute atomic E-state index is 12.7. The summed E-state index contributed by atoms with van der Waals surface area (Å²) < 4.78 is 50.0. The minimum Gasteiger partial charge on any atom is -0.402 e. The number of aromatic nitrogens is 3. The number of pyridine rings is 1. The molecule has 178 valence electrons. The molecule has 2 N–H and O–H groups in total. The smallest absolute Gasteiger partial charge is 0.402 e. The standard InChI is InChI=1S/C23H28F3N5O2/c1-11(2)31-19(7-18(29-31)12-3-20(22(27)28-8-12)33-23(24,25)26)21-16-5-13(6-17(16)21)30-9-15-4-14(30)10-32-15/h3,7-8,11,13-17,21H,4-6,9-10H2,1-2H3,(H2,27,28)/t13?,14-,15-,16-,17+,21?/m1/s1. The first-order valence-corrected chi connectivity index (χ1v) is 11.7. The summed E-state index contributed by atoms with van der Waals surface area (Å²) in [6.45, 7) is 6.09. The van der Waals surface area contributed by atoms with Crippen LogP contribution in [-0.4, -0.2) is 57.4 Å². The van der Waals surface area contributed by atoms with E-state index in [9.17, 15) is 13.2 Å². The number of nitrogen functional groups attached to an aromatic ring is 1. The summed E-state index contributed by atoms with van der Waals surface area (Å²) in [5.74, 6) is 0.934. The van der Waals surface area contributed by atoms with Crippen molar-refractivity contribution in [3.63, 3.8) is 0 Å². The number of nitrogens with two attached hydrogens (primary N) is 1. The van der Waals surface area contributed by atoms with Crippen LogP contribution in [0.2, 0.25) is 0 Å². The second-order valence-corrected chi connectivity index (χ2v) is 10.2. The van der Waals surface area contributed by atoms with Gasteiger partial charge in [-0.1, -0.05) is 0 Å². The van der Waals surface area contributed by atoms with Gasteiger partial charge in [0.25, 0.3) is 0 Å². The van der Waals surface area contributed by atoms with Crippen molar-refractivity contribution in [1.29, 1.82) is 0 Å². The molecule has 6 atom stereocenters. The fraction of sp³-hybridized carbons (Fsp3) is 0.652. The van der Waals surface area contributed by atoms with E-state index < -0.39 is 12.1 Å². The number of alkyl halides is 3. The molecule has 2 saturated carbocycles. The number of fused-ring (bicyclic) bond motifs is 3. The Kier molecular flexibility index (Phi) is 4.72. The van der Waals surface area contributed by atoms with Gasteiger partial charge < -0.3 is 15.2 Å². The van der Waals surface area contributed by atoms with Crippen molar-refractivity contribution >= 4 is 5.82 Å². The molecule has 33 heavy (non-hydrogen) atoms. The third kappa shape index (κ3) is 3.67. The molecular formula is C23H28F3N5O2. The predicted octanol–water partition coefficient (Wildman–Crippen LogP) is 3.97. The highest BCUT2D eigenvalue weighted by atomic mass is 19.4. The predicted molar refractivity (Wildman–Crippen MR) is 115 cm³/mol. The minimum absolute atomic E-state index is 0.143. The van der Waals surface area contributed by atoms with Gasteiger partial charge in [0.2, 0.25) is 0 Å². The number of halogens is 3. The Bertz CT molecular complexity index is 1060. The lowest BCUT2D eigenvalue weighted by Crippen LogP contribution is -2.43. The number of anilines is 1. The molecule has 10 heteroatoms. The largest absolute Gasteiger partial charge is 0.573 e. The fourth-order valence-corrected chi connectivity index (χ4v) is 6.41. The number of likely N-dealkylation sites (tertiary alicyclic amines) is 1. The third-order valence-electron chi connectivity index (χ3n) is 7.83. The van der Waals surface area contributed by atoms with Crippen LogP contribution in [0, 0.1) is 11.8 Å². The first kappa shape index (κ1) is 21.2. The molecule has 4 fully saturated rings. The Morgan fingerprint density at radius 1 is 1.15 bits per heavy atom. The highest BCUT2D eigenvalue weighted by Crippen LogP contribution is 2.64. The summed E-state index contributed by atoms with van der Waals surface area (Å²) in [5, 5.41) is 4.74. The van der Waals surface area contributed by atoms with E-state index in [1.807, 2.05) is 10.7 Å². The van der Waals surface area contributed by atoms with Crippen LogP contribution in [-0.2, 0) is 4.74 Å². The molecule has 0 aromatic carbocycles. The molecule has 4 aliphatic rings. The molecule has 6 rings (SSSR count). The maximum Gasteiger partial charge on any atom is 0.573 e. The summed E-state index contributed by atoms with van der Waals surface area (Å²) >= 11 is 0. The second-order valence-electron chi connectivity index (χ2n) is 10.2. The number of nitrogens with zero attached hydrogens (tertiary/aromatic N) is 4. The highest BCUT2D eigenvalue weighted by Gasteiger charge is 2.60. The summed E-state index contributed by atoms with van der Waals surface area (Å²) in [4.78, 5) is 6.57. The highest BCUT2D eigenvalue weighted by molar-refractivity contribution is 5.64. The van der Waals surface area contributed by atoms with Gasteiger partial charge in [-0.3, -0.25) is 9.58 Å². The van der Waals surface area contributed by atoms with Crippen molar-refractivity contribution in [2.24, 2.45) is 11.8 Å². The van der Waals surface area contributed by atoms with Gasteiger partial charge in [0.15, 0.2) is 11.6 Å². The Morgan fingerprint density at radius 2 is 1.91 bits per heavy atom. The van der Waals surface area contributed by atoms with E-state index in [1.54, 1.807) is 0 Å². The first-order chi connectivity index (χ1) is 15.7. The van der Waals surface area contributed by atoms with Crippen molar-refractivity contribution in [2.45, 2.75) is 69.6 Å². The average Bonchev–Trinajstić information content (AvgIpc) is 3.32. The van der Waals surface area contributed by atoms with E-state index in [0.29, 0.717) is 47.2 Å². The number of rotatable bonds is 5. The van der Waals surface area contributed by atoms with Crippen LogP contribution in [0.1, 0.15) is 50.8 Å². The van der Waals surface area contributed by atoms with Crippen LogP contribution in [0.3, 0.4) is 0 Å². The van der Waals surface area contributed by atoms with E-state index in [2.05, 4.69) is 28.5 Å². The van der Waals surface area contributed by atoms with Crippen LogP contribution >= 0.6 is 0 Å². The average molecular weight is 464 g/mol. The molecule has 7 nitrogen and oxygen atoms in total. The third-order valence-corrected chi connectivity index (χ3v) is 7.83. The van der Waals surface area contributed by atoms with Gasteiger partial charge in [-0.05, 0) is 57.1 Å². The zero-order chi connectivity index (χ0) is 23.1. The molecule has 0 radical (unpaired) electrons. The Hall–Kier alpha value is -2.33. The molecule has 2 aromatic heterocycles. The molecule has 2 aliphatic heterocycles. The van der Waals surface area contributed by atoms with E-state index in [1.165, 1.54) is 31.5 Å². The van der Waals surface area contributed by atoms with Crippen LogP contribution in [0.4, 0.5) is 19.0 Å². The molecule has 2 bridgehead atoms. The number of hydrogen-bond donors (Lipinski definition) is 1. The Labute approximate surface area is 190 Å². The number of morpholine rings is 1. The van der Waals surface area contributed by atoms with Crippen LogP contribution < -0.4 is 10.5 Å². The van der Waals surface area contributed by atoms with Gasteiger partial charge in [0.1, 0.15) is 0 Å². The minimum atomic E-state index is -4.83. The van der Waals surface area contributed by atoms with Crippen molar-refractivity contribution < 1.29 is 22.6 Å². The molecule has 2 aromatic rings. The normalized spacial score (nSPS) is 33.2. The van der Waals surface area contributed by atoms with Gasteiger partial charge in [0, 0.05) is 48.0 Å². The summed E-state index contributed by atoms with van der Waals surface area (Å²) in [5.41, 5.74) is 7.80. The summed E-state index contributed by atoms with van der Waals surface area (Å²) in [7, 11) is 0. The van der Waals surface area contributed by atoms with Gasteiger partial charge in [0.05, 0.1) is 18.4 Å². The molecule has 2 saturated heterocycles. The quantitative estimate of drug-likeness (QED) is 0.723. The zero-order valence-corrected chi connectivity index (χ0v) is 18.6. The van der Waals surface area contributed by atoms with Crippen molar-refractivity contribution in [1.82, 2.24) is 19.7 Å². The van der Waals surface area contributed by atoms with E-state index in [-0.39, 0.29) is 11.9 Å². The van der Waals surface area contributed by atoms with Crippen molar-refractivity contribution in [3.05, 3.63) is 24.0 Å². The van der Waals surface area contributed by atoms with E-state index in [0.717, 1.165) is 18.8 Å². The van der Waals surface area contributed by atoms with Crippen LogP contribution in [0.15, 0.2) is 18.3 Å². The Balaban J connectivity index is 1.22. The van der Waals surface area contributed by atoms with Crippen molar-refractivity contribution in [3.8, 4) is 17.0 Å². The van der Waals surface area contributed by atoms with Gasteiger partial charge in [-0.15, -0.1) is 13.2 Å². The molecule has 0 spiro atoms. The lowest BCUT2D eigenvalue weighted by Gasteiger charge is -2.33. The van der Waals surface area contributed by atoms with Crippen molar-refractivity contribution in [2.75, 3.05) is 18.9 Å². The van der Waals surface area contributed by atoms with E-state index in [4.69, 9.17) is 15.6 Å². The molecule has 2 aliphatic carbocycles. The van der Waals surface area contributed by atoms with Gasteiger partial charge >= 0.3 is 6.36 Å². The van der Waals surface area contributed by atoms with Gasteiger partial charge in [-0.25, -0.2) is 4.98 Å². The lowest BCUT2D eigenvalue weighted by atomic mass is 10.0. The Morgan fingerprint density at radius 3 is 2.52 bits per heavy atom. The monoisotopic (exact) mass is 463 g/mol. The lowest BCUT2D eigenvalue weighted by molar-refractivity contribution is -0.274. The van der Waals surface area contributed by atoms with Gasteiger partial charge in [-0.2, -0.15) is 5.10 Å². The summed E-state index contributed by atoms with van der Waals surface area (Å²) in [6, 6.07) is 4.66. The van der Waals surface area contributed by atoms with Crippen LogP contribution in [0.5, 0.6) is 5.75 Å². The summed E-state index contributed by atoms with van der Waals surface area (Å²) in [6.07, 6.45) is 0.610. The first-order valence-electron chi connectivity index (χ1n) is 11.7. The SMILES string of the molecule is CC(C)n1nc(-c2cnc(N)c(OC(F)(F)F)c2)cc1C1[C@H]2CC(N3C[C@H]4C[C@@H]3CO4)C[C@@H]12. The fourth-order valence-electron chi connectivity index (χ4n) is 6.41. The van der Waals surface area contributed by atoms with Crippen LogP contribution in [0.25, 0.3) is 11.3 Å². The second kappa shape index (κ2) is 7.33. The molecule has 0 amide bonds. The topological polar surface area (TPSA) is 78.4 Å². The number of ether oxygens (including phenoxy) is 2. The number of hydrogen-bond acceptors (Lipinski definition) is 6. The maximum atomic E-state index is 12.7. The zero-order valence-electron chi connectivity index (χ0n) is 18.6. The molecular weight excluding hydrogens is 435 g/mol. The van der Waals surface area contributed by atoms with E-state index >= 15 is 0 Å². The molecule has 2 unspecified atom stereocenters.